The van der Waals surface area contributed by atoms with Crippen molar-refractivity contribution < 1.29 is 0 Å². The van der Waals surface area contributed by atoms with E-state index in [1.165, 1.54) is 17.5 Å². The lowest BCUT2D eigenvalue weighted by Crippen LogP contribution is -2.22. The van der Waals surface area contributed by atoms with Crippen molar-refractivity contribution in [1.29, 1.82) is 0 Å². The summed E-state index contributed by atoms with van der Waals surface area (Å²) in [7, 11) is 0. The predicted molar refractivity (Wildman–Crippen MR) is 71.8 cm³/mol. The highest BCUT2D eigenvalue weighted by Crippen LogP contribution is 2.16. The molecule has 0 saturated carbocycles. The number of rotatable bonds is 5. The molecule has 0 atom stereocenters. The Morgan fingerprint density at radius 1 is 1.06 bits per heavy atom. The number of hydrogen-bond acceptors (Lipinski definition) is 1. The zero-order valence-electron chi connectivity index (χ0n) is 11.1. The van der Waals surface area contributed by atoms with Crippen LogP contribution in [0.3, 0.4) is 0 Å². The highest BCUT2D eigenvalue weighted by atomic mass is 14.8. The van der Waals surface area contributed by atoms with Gasteiger partial charge in [0.2, 0.25) is 0 Å². The van der Waals surface area contributed by atoms with Crippen LogP contribution >= 0.6 is 0 Å². The molecule has 0 saturated heterocycles. The van der Waals surface area contributed by atoms with Crippen molar-refractivity contribution in [3.05, 3.63) is 35.4 Å². The van der Waals surface area contributed by atoms with Gasteiger partial charge in [0.05, 0.1) is 0 Å². The van der Waals surface area contributed by atoms with E-state index in [4.69, 9.17) is 0 Å². The highest BCUT2D eigenvalue weighted by Gasteiger charge is 2.08. The van der Waals surface area contributed by atoms with E-state index < -0.39 is 0 Å². The second-order valence-corrected chi connectivity index (χ2v) is 5.74. The van der Waals surface area contributed by atoms with E-state index in [9.17, 15) is 0 Å². The lowest BCUT2D eigenvalue weighted by Gasteiger charge is -2.18. The van der Waals surface area contributed by atoms with Crippen molar-refractivity contribution in [1.82, 2.24) is 5.32 Å². The van der Waals surface area contributed by atoms with Gasteiger partial charge < -0.3 is 5.32 Å². The van der Waals surface area contributed by atoms with Crippen molar-refractivity contribution in [2.45, 2.75) is 40.5 Å². The van der Waals surface area contributed by atoms with E-state index in [2.05, 4.69) is 57.3 Å². The van der Waals surface area contributed by atoms with Crippen molar-refractivity contribution >= 4 is 0 Å². The summed E-state index contributed by atoms with van der Waals surface area (Å²) < 4.78 is 0. The Morgan fingerprint density at radius 2 is 1.75 bits per heavy atom. The average Bonchev–Trinajstić information content (AvgIpc) is 2.18. The molecule has 0 unspecified atom stereocenters. The third kappa shape index (κ3) is 5.32. The van der Waals surface area contributed by atoms with Crippen molar-refractivity contribution in [2.75, 3.05) is 13.1 Å². The Labute approximate surface area is 100 Å². The van der Waals surface area contributed by atoms with Gasteiger partial charge in [0.15, 0.2) is 0 Å². The maximum absolute atomic E-state index is 3.52. The van der Waals surface area contributed by atoms with Crippen LogP contribution in [0.4, 0.5) is 0 Å². The molecule has 1 aromatic carbocycles. The lowest BCUT2D eigenvalue weighted by atomic mass is 9.92. The molecule has 0 aromatic heterocycles. The first-order chi connectivity index (χ1) is 7.49. The van der Waals surface area contributed by atoms with E-state index in [0.29, 0.717) is 5.41 Å². The molecule has 1 rings (SSSR count). The second-order valence-electron chi connectivity index (χ2n) is 5.74. The summed E-state index contributed by atoms with van der Waals surface area (Å²) in [5.74, 6) is 0. The largest absolute Gasteiger partial charge is 0.316 e. The van der Waals surface area contributed by atoms with Gasteiger partial charge in [-0.15, -0.1) is 0 Å². The average molecular weight is 219 g/mol. The number of aryl methyl sites for hydroxylation is 1. The molecule has 0 spiro atoms. The first-order valence-electron chi connectivity index (χ1n) is 6.24. The van der Waals surface area contributed by atoms with Crippen LogP contribution in [0.5, 0.6) is 0 Å². The molecule has 0 fully saturated rings. The summed E-state index contributed by atoms with van der Waals surface area (Å²) in [5.41, 5.74) is 3.31. The van der Waals surface area contributed by atoms with Gasteiger partial charge in [0.1, 0.15) is 0 Å². The lowest BCUT2D eigenvalue weighted by molar-refractivity contribution is 0.367. The molecule has 90 valence electrons. The Morgan fingerprint density at radius 3 is 2.38 bits per heavy atom. The maximum Gasteiger partial charge on any atom is -0.000825 e. The van der Waals surface area contributed by atoms with Gasteiger partial charge in [-0.25, -0.2) is 0 Å². The summed E-state index contributed by atoms with van der Waals surface area (Å²) in [6.45, 7) is 11.3. The third-order valence-corrected chi connectivity index (χ3v) is 2.88. The van der Waals surface area contributed by atoms with Gasteiger partial charge in [0, 0.05) is 0 Å². The Balaban J connectivity index is 2.19. The van der Waals surface area contributed by atoms with Gasteiger partial charge in [-0.3, -0.25) is 0 Å². The molecule has 0 amide bonds. The minimum absolute atomic E-state index is 0.440. The quantitative estimate of drug-likeness (QED) is 0.747. The minimum Gasteiger partial charge on any atom is -0.316 e. The summed E-state index contributed by atoms with van der Waals surface area (Å²) in [6.07, 6.45) is 2.37. The molecule has 0 bridgehead atoms. The molecular formula is C15H25N. The van der Waals surface area contributed by atoms with Crippen molar-refractivity contribution in [3.63, 3.8) is 0 Å². The van der Waals surface area contributed by atoms with Gasteiger partial charge in [-0.1, -0.05) is 45.0 Å². The smallest absolute Gasteiger partial charge is 0.000825 e. The maximum atomic E-state index is 3.52. The fourth-order valence-corrected chi connectivity index (χ4v) is 1.70. The van der Waals surface area contributed by atoms with Gasteiger partial charge in [0.25, 0.3) is 0 Å². The fourth-order valence-electron chi connectivity index (χ4n) is 1.70. The third-order valence-electron chi connectivity index (χ3n) is 2.88. The first kappa shape index (κ1) is 13.2. The summed E-state index contributed by atoms with van der Waals surface area (Å²) in [6, 6.07) is 8.63. The summed E-state index contributed by atoms with van der Waals surface area (Å²) >= 11 is 0. The van der Waals surface area contributed by atoms with E-state index in [1.54, 1.807) is 0 Å². The zero-order valence-corrected chi connectivity index (χ0v) is 11.1. The molecule has 0 aliphatic carbocycles. The Kier molecular flexibility index (Phi) is 5.01. The topological polar surface area (TPSA) is 12.0 Å². The van der Waals surface area contributed by atoms with Crippen LogP contribution in [-0.4, -0.2) is 13.1 Å². The highest BCUT2D eigenvalue weighted by molar-refractivity contribution is 5.25. The first-order valence-corrected chi connectivity index (χ1v) is 6.24. The monoisotopic (exact) mass is 219 g/mol. The number of hydrogen-bond donors (Lipinski definition) is 1. The molecule has 16 heavy (non-hydrogen) atoms. The fraction of sp³-hybridized carbons (Fsp3) is 0.600. The van der Waals surface area contributed by atoms with Crippen LogP contribution in [0.25, 0.3) is 0 Å². The normalized spacial score (nSPS) is 11.8. The van der Waals surface area contributed by atoms with E-state index >= 15 is 0 Å². The Hall–Kier alpha value is -0.820. The van der Waals surface area contributed by atoms with Crippen LogP contribution in [0, 0.1) is 12.3 Å². The van der Waals surface area contributed by atoms with Crippen molar-refractivity contribution in [3.8, 4) is 0 Å². The summed E-state index contributed by atoms with van der Waals surface area (Å²) in [5, 5.41) is 3.52. The zero-order chi connectivity index (χ0) is 12.0. The van der Waals surface area contributed by atoms with Crippen molar-refractivity contribution in [2.24, 2.45) is 5.41 Å². The van der Waals surface area contributed by atoms with Crippen LogP contribution in [-0.2, 0) is 6.42 Å². The van der Waals surface area contributed by atoms with Crippen LogP contribution < -0.4 is 5.32 Å². The van der Waals surface area contributed by atoms with Crippen LogP contribution in [0.15, 0.2) is 24.3 Å². The standard InChI is InChI=1S/C15H25N/c1-13-7-5-6-8-14(13)9-11-16-12-10-15(2,3)4/h5-8,16H,9-12H2,1-4H3. The molecule has 0 aliphatic rings. The van der Waals surface area contributed by atoms with E-state index in [-0.39, 0.29) is 0 Å². The SMILES string of the molecule is Cc1ccccc1CCNCCC(C)(C)C. The molecule has 0 radical (unpaired) electrons. The number of benzene rings is 1. The Bertz CT molecular complexity index is 309. The summed E-state index contributed by atoms with van der Waals surface area (Å²) in [4.78, 5) is 0. The van der Waals surface area contributed by atoms with E-state index in [0.717, 1.165) is 19.5 Å². The number of nitrogens with one attached hydrogen (secondary N) is 1. The van der Waals surface area contributed by atoms with Crippen LogP contribution in [0.1, 0.15) is 38.3 Å². The molecular weight excluding hydrogens is 194 g/mol. The van der Waals surface area contributed by atoms with Gasteiger partial charge in [-0.2, -0.15) is 0 Å². The van der Waals surface area contributed by atoms with E-state index in [1.807, 2.05) is 0 Å². The van der Waals surface area contributed by atoms with Crippen LogP contribution in [0.2, 0.25) is 0 Å². The molecule has 1 nitrogen and oxygen atoms in total. The molecule has 1 N–H and O–H groups in total. The van der Waals surface area contributed by atoms with Gasteiger partial charge >= 0.3 is 0 Å². The molecule has 0 aliphatic heterocycles. The molecule has 1 heteroatoms. The molecule has 0 heterocycles. The minimum atomic E-state index is 0.440. The van der Waals surface area contributed by atoms with Gasteiger partial charge in [-0.05, 0) is 49.4 Å². The predicted octanol–water partition coefficient (Wildman–Crippen LogP) is 3.56. The second kappa shape index (κ2) is 6.05. The molecule has 1 aromatic rings.